The summed E-state index contributed by atoms with van der Waals surface area (Å²) in [6.45, 7) is 1.97. The minimum Gasteiger partial charge on any atom is -0.366 e. The van der Waals surface area contributed by atoms with Crippen molar-refractivity contribution >= 4 is 27.4 Å². The van der Waals surface area contributed by atoms with E-state index < -0.39 is 21.5 Å². The Morgan fingerprint density at radius 2 is 1.63 bits per heavy atom. The Hall–Kier alpha value is -3.41. The van der Waals surface area contributed by atoms with Gasteiger partial charge in [-0.2, -0.15) is 4.98 Å². The predicted octanol–water partition coefficient (Wildman–Crippen LogP) is 3.59. The average Bonchev–Trinajstić information content (AvgIpc) is 2.83. The largest absolute Gasteiger partial charge is 0.366 e. The van der Waals surface area contributed by atoms with Gasteiger partial charge in [-0.25, -0.2) is 27.2 Å². The summed E-state index contributed by atoms with van der Waals surface area (Å²) >= 11 is 0. The lowest BCUT2D eigenvalue weighted by Crippen LogP contribution is -2.33. The van der Waals surface area contributed by atoms with E-state index in [9.17, 15) is 17.2 Å². The van der Waals surface area contributed by atoms with Crippen LogP contribution >= 0.6 is 0 Å². The van der Waals surface area contributed by atoms with Gasteiger partial charge in [-0.3, -0.25) is 4.98 Å². The fourth-order valence-corrected chi connectivity index (χ4v) is 5.21. The zero-order valence-corrected chi connectivity index (χ0v) is 20.5. The molecule has 0 saturated heterocycles. The minimum absolute atomic E-state index is 0.0832. The summed E-state index contributed by atoms with van der Waals surface area (Å²) < 4.78 is 52.4. The zero-order valence-electron chi connectivity index (χ0n) is 19.7. The number of nitrogens with zero attached hydrogens (tertiary/aromatic N) is 5. The molecule has 0 unspecified atom stereocenters. The second-order valence-corrected chi connectivity index (χ2v) is 10.7. The van der Waals surface area contributed by atoms with Gasteiger partial charge in [0.2, 0.25) is 15.8 Å². The standard InChI is InChI=1S/C23H27F2N7O2S/c1-14-11-27-23(31-22(14)32(2)3)29-16-6-4-15(5-7-16)28-20-12-26-13-21(30-20)35(33,34)17-8-9-18(24)19(25)10-17/h8-13,15-16H,4-7H2,1-3H3,(H,28,30)(H,27,29,31). The van der Waals surface area contributed by atoms with E-state index in [2.05, 4.69) is 30.6 Å². The number of sulfone groups is 1. The Labute approximate surface area is 203 Å². The molecule has 1 fully saturated rings. The van der Waals surface area contributed by atoms with E-state index in [1.54, 1.807) is 6.20 Å². The van der Waals surface area contributed by atoms with Crippen LogP contribution in [0.2, 0.25) is 0 Å². The van der Waals surface area contributed by atoms with Crippen molar-refractivity contribution in [1.29, 1.82) is 0 Å². The second-order valence-electron chi connectivity index (χ2n) is 8.75. The van der Waals surface area contributed by atoms with E-state index in [0.29, 0.717) is 17.8 Å². The summed E-state index contributed by atoms with van der Waals surface area (Å²) in [6.07, 6.45) is 7.72. The highest BCUT2D eigenvalue weighted by molar-refractivity contribution is 7.91. The van der Waals surface area contributed by atoms with Crippen LogP contribution in [0.1, 0.15) is 31.2 Å². The van der Waals surface area contributed by atoms with Gasteiger partial charge in [0.25, 0.3) is 0 Å². The average molecular weight is 504 g/mol. The van der Waals surface area contributed by atoms with Crippen LogP contribution in [0, 0.1) is 18.6 Å². The molecule has 9 nitrogen and oxygen atoms in total. The molecule has 0 atom stereocenters. The van der Waals surface area contributed by atoms with Crippen LogP contribution in [0.15, 0.2) is 46.7 Å². The Balaban J connectivity index is 1.38. The Morgan fingerprint density at radius 3 is 2.29 bits per heavy atom. The van der Waals surface area contributed by atoms with Crippen molar-refractivity contribution in [2.24, 2.45) is 0 Å². The third kappa shape index (κ3) is 5.64. The molecule has 2 heterocycles. The van der Waals surface area contributed by atoms with E-state index in [0.717, 1.165) is 55.4 Å². The lowest BCUT2D eigenvalue weighted by atomic mass is 9.91. The highest BCUT2D eigenvalue weighted by Gasteiger charge is 2.25. The molecule has 0 spiro atoms. The number of nitrogens with one attached hydrogen (secondary N) is 2. The maximum Gasteiger partial charge on any atom is 0.225 e. The van der Waals surface area contributed by atoms with E-state index >= 15 is 0 Å². The molecular weight excluding hydrogens is 476 g/mol. The zero-order chi connectivity index (χ0) is 25.2. The third-order valence-corrected chi connectivity index (χ3v) is 7.49. The first-order valence-electron chi connectivity index (χ1n) is 11.2. The summed E-state index contributed by atoms with van der Waals surface area (Å²) in [5.41, 5.74) is 1.00. The van der Waals surface area contributed by atoms with Gasteiger partial charge in [0.05, 0.1) is 17.3 Å². The van der Waals surface area contributed by atoms with Gasteiger partial charge in [-0.1, -0.05) is 0 Å². The summed E-state index contributed by atoms with van der Waals surface area (Å²) in [6, 6.07) is 2.72. The van der Waals surface area contributed by atoms with Gasteiger partial charge < -0.3 is 15.5 Å². The van der Waals surface area contributed by atoms with Crippen molar-refractivity contribution in [3.8, 4) is 0 Å². The molecule has 35 heavy (non-hydrogen) atoms. The molecule has 2 aromatic heterocycles. The number of hydrogen-bond donors (Lipinski definition) is 2. The van der Waals surface area contributed by atoms with E-state index in [4.69, 9.17) is 0 Å². The first-order valence-corrected chi connectivity index (χ1v) is 12.7. The van der Waals surface area contributed by atoms with Gasteiger partial charge in [0, 0.05) is 37.9 Å². The Kier molecular flexibility index (Phi) is 7.10. The molecule has 12 heteroatoms. The molecule has 3 aromatic rings. The van der Waals surface area contributed by atoms with E-state index in [-0.39, 0.29) is 22.0 Å². The molecule has 0 aliphatic heterocycles. The summed E-state index contributed by atoms with van der Waals surface area (Å²) in [5.74, 6) is -0.593. The maximum absolute atomic E-state index is 13.6. The second kappa shape index (κ2) is 10.1. The van der Waals surface area contributed by atoms with E-state index in [1.165, 1.54) is 6.20 Å². The van der Waals surface area contributed by atoms with Crippen LogP contribution in [0.25, 0.3) is 0 Å². The van der Waals surface area contributed by atoms with E-state index in [1.807, 2.05) is 25.9 Å². The topological polar surface area (TPSA) is 113 Å². The van der Waals surface area contributed by atoms with Gasteiger partial charge in [0.1, 0.15) is 11.6 Å². The van der Waals surface area contributed by atoms with Crippen LogP contribution in [-0.2, 0) is 9.84 Å². The van der Waals surface area contributed by atoms with Crippen molar-refractivity contribution in [1.82, 2.24) is 19.9 Å². The molecule has 1 aliphatic carbocycles. The maximum atomic E-state index is 13.6. The summed E-state index contributed by atoms with van der Waals surface area (Å²) in [4.78, 5) is 18.7. The Bertz CT molecular complexity index is 1310. The molecule has 186 valence electrons. The van der Waals surface area contributed by atoms with Crippen LogP contribution in [0.3, 0.4) is 0 Å². The third-order valence-electron chi connectivity index (χ3n) is 5.87. The van der Waals surface area contributed by atoms with Crippen molar-refractivity contribution in [2.75, 3.05) is 29.6 Å². The van der Waals surface area contributed by atoms with Gasteiger partial charge in [0.15, 0.2) is 16.7 Å². The molecule has 1 aliphatic rings. The first kappa shape index (κ1) is 24.7. The number of halogens is 2. The fourth-order valence-electron chi connectivity index (χ4n) is 4.04. The van der Waals surface area contributed by atoms with Crippen LogP contribution in [0.4, 0.5) is 26.4 Å². The minimum atomic E-state index is -4.15. The quantitative estimate of drug-likeness (QED) is 0.467. The highest BCUT2D eigenvalue weighted by Crippen LogP contribution is 2.26. The molecule has 0 amide bonds. The number of hydrogen-bond acceptors (Lipinski definition) is 9. The van der Waals surface area contributed by atoms with Crippen molar-refractivity contribution in [3.63, 3.8) is 0 Å². The molecule has 0 radical (unpaired) electrons. The van der Waals surface area contributed by atoms with Crippen molar-refractivity contribution in [2.45, 2.75) is 54.6 Å². The molecule has 0 bridgehead atoms. The molecule has 1 aromatic carbocycles. The molecule has 1 saturated carbocycles. The van der Waals surface area contributed by atoms with Crippen molar-refractivity contribution in [3.05, 3.63) is 54.0 Å². The SMILES string of the molecule is Cc1cnc(NC2CCC(Nc3cncc(S(=O)(=O)c4ccc(F)c(F)c4)n3)CC2)nc1N(C)C. The van der Waals surface area contributed by atoms with Gasteiger partial charge in [-0.05, 0) is 50.8 Å². The van der Waals surface area contributed by atoms with Crippen LogP contribution < -0.4 is 15.5 Å². The van der Waals surface area contributed by atoms with Crippen molar-refractivity contribution < 1.29 is 17.2 Å². The number of rotatable bonds is 7. The Morgan fingerprint density at radius 1 is 0.943 bits per heavy atom. The predicted molar refractivity (Wildman–Crippen MR) is 128 cm³/mol. The lowest BCUT2D eigenvalue weighted by molar-refractivity contribution is 0.426. The summed E-state index contributed by atoms with van der Waals surface area (Å²) in [5, 5.41) is 6.31. The number of aromatic nitrogens is 4. The van der Waals surface area contributed by atoms with Crippen LogP contribution in [0.5, 0.6) is 0 Å². The number of aryl methyl sites for hydroxylation is 1. The van der Waals surface area contributed by atoms with Gasteiger partial charge >= 0.3 is 0 Å². The molecular formula is C23H27F2N7O2S. The first-order chi connectivity index (χ1) is 16.6. The van der Waals surface area contributed by atoms with Gasteiger partial charge in [-0.15, -0.1) is 0 Å². The highest BCUT2D eigenvalue weighted by atomic mass is 32.2. The lowest BCUT2D eigenvalue weighted by Gasteiger charge is -2.30. The number of benzene rings is 1. The molecule has 4 rings (SSSR count). The normalized spacial score (nSPS) is 18.2. The van der Waals surface area contributed by atoms with Crippen LogP contribution in [-0.4, -0.2) is 54.5 Å². The summed E-state index contributed by atoms with van der Waals surface area (Å²) in [7, 11) is -0.262. The fraction of sp³-hybridized carbons (Fsp3) is 0.391. The monoisotopic (exact) mass is 503 g/mol. The number of anilines is 3. The molecule has 2 N–H and O–H groups in total. The smallest absolute Gasteiger partial charge is 0.225 e.